The molecule has 0 aromatic heterocycles. The van der Waals surface area contributed by atoms with E-state index in [0.29, 0.717) is 22.4 Å². The first kappa shape index (κ1) is 22.7. The minimum absolute atomic E-state index is 0. The van der Waals surface area contributed by atoms with Crippen LogP contribution in [-0.2, 0) is 10.0 Å². The maximum Gasteiger partial charge on any atom is 0.261 e. The second-order valence-corrected chi connectivity index (χ2v) is 9.42. The van der Waals surface area contributed by atoms with Crippen molar-refractivity contribution in [3.05, 3.63) is 59.7 Å². The normalized spacial score (nSPS) is 17.5. The average molecular weight is 423 g/mol. The van der Waals surface area contributed by atoms with Crippen molar-refractivity contribution < 1.29 is 8.42 Å². The molecular weight excluding hydrogens is 392 g/mol. The van der Waals surface area contributed by atoms with Crippen molar-refractivity contribution in [3.63, 3.8) is 0 Å². The van der Waals surface area contributed by atoms with Crippen LogP contribution in [0, 0.1) is 0 Å². The molecule has 0 aliphatic carbocycles. The van der Waals surface area contributed by atoms with E-state index in [1.165, 1.54) is 18.4 Å². The first-order chi connectivity index (χ1) is 12.9. The van der Waals surface area contributed by atoms with Gasteiger partial charge in [-0.1, -0.05) is 45.0 Å². The Balaban J connectivity index is 0.00000280. The van der Waals surface area contributed by atoms with Gasteiger partial charge in [0.15, 0.2) is 0 Å². The van der Waals surface area contributed by atoms with Crippen molar-refractivity contribution in [3.8, 4) is 0 Å². The number of nitrogens with one attached hydrogen (secondary N) is 1. The summed E-state index contributed by atoms with van der Waals surface area (Å²) in [7, 11) is -3.56. The van der Waals surface area contributed by atoms with Crippen LogP contribution in [0.2, 0.25) is 0 Å². The van der Waals surface area contributed by atoms with Gasteiger partial charge in [-0.25, -0.2) is 8.42 Å². The van der Waals surface area contributed by atoms with Crippen LogP contribution >= 0.6 is 12.4 Å². The number of nitrogens with zero attached hydrogens (tertiary/aromatic N) is 1. The molecule has 2 aromatic carbocycles. The number of benzene rings is 2. The molecule has 1 aliphatic heterocycles. The Morgan fingerprint density at radius 1 is 1.07 bits per heavy atom. The number of hydrogen-bond acceptors (Lipinski definition) is 3. The lowest BCUT2D eigenvalue weighted by Crippen LogP contribution is -2.20. The van der Waals surface area contributed by atoms with E-state index in [4.69, 9.17) is 0 Å². The van der Waals surface area contributed by atoms with Crippen LogP contribution in [0.1, 0.15) is 56.6 Å². The maximum atomic E-state index is 12.6. The van der Waals surface area contributed by atoms with E-state index in [1.807, 2.05) is 24.3 Å². The van der Waals surface area contributed by atoms with Gasteiger partial charge in [0.25, 0.3) is 10.0 Å². The predicted molar refractivity (Wildman–Crippen MR) is 119 cm³/mol. The highest BCUT2D eigenvalue weighted by molar-refractivity contribution is 7.92. The third kappa shape index (κ3) is 5.49. The molecule has 1 fully saturated rings. The third-order valence-electron chi connectivity index (χ3n) is 5.30. The molecule has 0 spiro atoms. The minimum atomic E-state index is -3.56. The fourth-order valence-corrected chi connectivity index (χ4v) is 4.75. The predicted octanol–water partition coefficient (Wildman–Crippen LogP) is 5.23. The summed E-state index contributed by atoms with van der Waals surface area (Å²) in [5.41, 5.74) is 3.03. The molecule has 2 aromatic rings. The van der Waals surface area contributed by atoms with E-state index >= 15 is 0 Å². The SMILES string of the molecule is CCCN1CC[C@@H](c2ccc(NS(=O)(=O)c3ccc(C(C)C)cc3)cc2)C1.Cl. The van der Waals surface area contributed by atoms with Gasteiger partial charge in [0.05, 0.1) is 4.90 Å². The zero-order valence-corrected chi connectivity index (χ0v) is 18.5. The topological polar surface area (TPSA) is 49.4 Å². The highest BCUT2D eigenvalue weighted by atomic mass is 35.5. The van der Waals surface area contributed by atoms with Crippen LogP contribution in [0.25, 0.3) is 0 Å². The highest BCUT2D eigenvalue weighted by Crippen LogP contribution is 2.28. The Morgan fingerprint density at radius 3 is 2.29 bits per heavy atom. The summed E-state index contributed by atoms with van der Waals surface area (Å²) < 4.78 is 27.9. The highest BCUT2D eigenvalue weighted by Gasteiger charge is 2.23. The van der Waals surface area contributed by atoms with Gasteiger partial charge in [0, 0.05) is 12.2 Å². The van der Waals surface area contributed by atoms with Gasteiger partial charge in [0.2, 0.25) is 0 Å². The Kier molecular flexibility index (Phi) is 7.93. The van der Waals surface area contributed by atoms with Crippen LogP contribution < -0.4 is 4.72 Å². The van der Waals surface area contributed by atoms with Crippen molar-refractivity contribution in [2.45, 2.75) is 50.3 Å². The van der Waals surface area contributed by atoms with Crippen LogP contribution in [0.5, 0.6) is 0 Å². The van der Waals surface area contributed by atoms with E-state index in [1.54, 1.807) is 12.1 Å². The van der Waals surface area contributed by atoms with Crippen LogP contribution in [0.4, 0.5) is 5.69 Å². The van der Waals surface area contributed by atoms with E-state index in [0.717, 1.165) is 25.2 Å². The van der Waals surface area contributed by atoms with Crippen LogP contribution in [0.3, 0.4) is 0 Å². The Hall–Kier alpha value is -1.56. The summed E-state index contributed by atoms with van der Waals surface area (Å²) in [5.74, 6) is 0.928. The van der Waals surface area contributed by atoms with E-state index in [2.05, 4.69) is 42.5 Å². The summed E-state index contributed by atoms with van der Waals surface area (Å²) in [6.45, 7) is 9.80. The number of halogens is 1. The molecule has 1 atom stereocenters. The number of likely N-dealkylation sites (tertiary alicyclic amines) is 1. The quantitative estimate of drug-likeness (QED) is 0.664. The molecule has 1 saturated heterocycles. The monoisotopic (exact) mass is 422 g/mol. The second-order valence-electron chi connectivity index (χ2n) is 7.74. The fraction of sp³-hybridized carbons (Fsp3) is 0.455. The summed E-state index contributed by atoms with van der Waals surface area (Å²) in [5, 5.41) is 0. The fourth-order valence-electron chi connectivity index (χ4n) is 3.69. The van der Waals surface area contributed by atoms with Gasteiger partial charge in [-0.2, -0.15) is 0 Å². The van der Waals surface area contributed by atoms with Gasteiger partial charge in [0.1, 0.15) is 0 Å². The number of sulfonamides is 1. The molecule has 3 rings (SSSR count). The lowest BCUT2D eigenvalue weighted by molar-refractivity contribution is 0.335. The van der Waals surface area contributed by atoms with Gasteiger partial charge in [-0.05, 0) is 73.2 Å². The van der Waals surface area contributed by atoms with Crippen LogP contribution in [-0.4, -0.2) is 33.0 Å². The molecule has 1 heterocycles. The Bertz CT molecular complexity index is 849. The van der Waals surface area contributed by atoms with E-state index in [-0.39, 0.29) is 12.4 Å². The average Bonchev–Trinajstić information content (AvgIpc) is 3.11. The summed E-state index contributed by atoms with van der Waals surface area (Å²) in [6, 6.07) is 15.0. The molecule has 0 saturated carbocycles. The third-order valence-corrected chi connectivity index (χ3v) is 6.70. The zero-order chi connectivity index (χ0) is 19.4. The summed E-state index contributed by atoms with van der Waals surface area (Å²) >= 11 is 0. The smallest absolute Gasteiger partial charge is 0.261 e. The number of rotatable bonds is 7. The molecular formula is C22H31ClN2O2S. The Morgan fingerprint density at radius 2 is 1.71 bits per heavy atom. The van der Waals surface area contributed by atoms with Crippen molar-refractivity contribution in [1.29, 1.82) is 0 Å². The standard InChI is InChI=1S/C22H30N2O2S.ClH/c1-4-14-24-15-13-20(16-24)19-5-9-21(10-6-19)23-27(25,26)22-11-7-18(8-12-22)17(2)3;/h5-12,17,20,23H,4,13-16H2,1-3H3;1H/t20-;/m1./s1. The van der Waals surface area contributed by atoms with Gasteiger partial charge in [-0.3, -0.25) is 4.72 Å². The van der Waals surface area contributed by atoms with Crippen molar-refractivity contribution in [2.75, 3.05) is 24.4 Å². The summed E-state index contributed by atoms with van der Waals surface area (Å²) in [4.78, 5) is 2.80. The first-order valence-electron chi connectivity index (χ1n) is 9.84. The molecule has 0 radical (unpaired) electrons. The molecule has 0 unspecified atom stereocenters. The molecule has 154 valence electrons. The Labute approximate surface area is 175 Å². The molecule has 0 bridgehead atoms. The number of anilines is 1. The van der Waals surface area contributed by atoms with Crippen LogP contribution in [0.15, 0.2) is 53.4 Å². The van der Waals surface area contributed by atoms with Crippen molar-refractivity contribution in [2.24, 2.45) is 0 Å². The second kappa shape index (κ2) is 9.77. The molecule has 1 N–H and O–H groups in total. The maximum absolute atomic E-state index is 12.6. The number of hydrogen-bond donors (Lipinski definition) is 1. The van der Waals surface area contributed by atoms with E-state index < -0.39 is 10.0 Å². The lowest BCUT2D eigenvalue weighted by Gasteiger charge is -2.15. The molecule has 1 aliphatic rings. The van der Waals surface area contributed by atoms with Gasteiger partial charge in [-0.15, -0.1) is 12.4 Å². The first-order valence-corrected chi connectivity index (χ1v) is 11.3. The largest absolute Gasteiger partial charge is 0.303 e. The molecule has 6 heteroatoms. The summed E-state index contributed by atoms with van der Waals surface area (Å²) in [6.07, 6.45) is 2.36. The zero-order valence-electron chi connectivity index (χ0n) is 16.9. The minimum Gasteiger partial charge on any atom is -0.303 e. The van der Waals surface area contributed by atoms with Gasteiger partial charge >= 0.3 is 0 Å². The lowest BCUT2D eigenvalue weighted by atomic mass is 9.98. The van der Waals surface area contributed by atoms with Crippen molar-refractivity contribution in [1.82, 2.24) is 4.90 Å². The van der Waals surface area contributed by atoms with E-state index in [9.17, 15) is 8.42 Å². The molecule has 0 amide bonds. The van der Waals surface area contributed by atoms with Crippen molar-refractivity contribution >= 4 is 28.1 Å². The van der Waals surface area contributed by atoms with Gasteiger partial charge < -0.3 is 4.90 Å². The molecule has 28 heavy (non-hydrogen) atoms. The molecule has 4 nitrogen and oxygen atoms in total.